The zero-order chi connectivity index (χ0) is 26.1. The topological polar surface area (TPSA) is 190 Å². The standard InChI is InChI=1S/C23H30N4O8/c1-12-14-6-8-17(34-3)13(2)20(14)35-22(32)15(12)7-9-18(28)27-16(5-4-10-25-23(24)33)21(31)26-11-19(29)30/h6,8,16H,4-5,7,9-11H2,1-3H3,(H,26,31)(H,27,28)(H,29,30)(H3,24,25,33)/t16-/m0/s1. The van der Waals surface area contributed by atoms with E-state index in [2.05, 4.69) is 16.0 Å². The quantitative estimate of drug-likeness (QED) is 0.210. The van der Waals surface area contributed by atoms with Crippen molar-refractivity contribution < 1.29 is 33.4 Å². The van der Waals surface area contributed by atoms with Gasteiger partial charge in [0.05, 0.1) is 7.11 Å². The lowest BCUT2D eigenvalue weighted by atomic mass is 10.00. The average Bonchev–Trinajstić information content (AvgIpc) is 2.79. The number of carbonyl (C=O) groups excluding carboxylic acids is 3. The van der Waals surface area contributed by atoms with E-state index in [1.54, 1.807) is 26.0 Å². The van der Waals surface area contributed by atoms with E-state index >= 15 is 0 Å². The molecule has 0 unspecified atom stereocenters. The fraction of sp³-hybridized carbons (Fsp3) is 0.435. The first kappa shape index (κ1) is 27.2. The molecule has 1 aromatic heterocycles. The van der Waals surface area contributed by atoms with Crippen molar-refractivity contribution in [2.45, 2.75) is 45.6 Å². The Labute approximate surface area is 201 Å². The summed E-state index contributed by atoms with van der Waals surface area (Å²) >= 11 is 0. The van der Waals surface area contributed by atoms with E-state index in [4.69, 9.17) is 20.0 Å². The third kappa shape index (κ3) is 7.45. The fourth-order valence-corrected chi connectivity index (χ4v) is 3.66. The van der Waals surface area contributed by atoms with Crippen molar-refractivity contribution in [3.8, 4) is 5.75 Å². The molecular weight excluding hydrogens is 460 g/mol. The minimum absolute atomic E-state index is 0.0771. The molecule has 12 heteroatoms. The molecule has 0 aliphatic heterocycles. The second-order valence-electron chi connectivity index (χ2n) is 7.93. The van der Waals surface area contributed by atoms with Gasteiger partial charge in [-0.05, 0) is 50.8 Å². The van der Waals surface area contributed by atoms with Crippen LogP contribution in [0.4, 0.5) is 4.79 Å². The van der Waals surface area contributed by atoms with Crippen LogP contribution in [0.2, 0.25) is 0 Å². The van der Waals surface area contributed by atoms with Crippen molar-refractivity contribution in [3.05, 3.63) is 39.2 Å². The van der Waals surface area contributed by atoms with E-state index in [9.17, 15) is 24.0 Å². The Morgan fingerprint density at radius 1 is 1.14 bits per heavy atom. The molecule has 0 spiro atoms. The molecule has 1 aromatic carbocycles. The molecule has 35 heavy (non-hydrogen) atoms. The number of ether oxygens (including phenoxy) is 1. The monoisotopic (exact) mass is 490 g/mol. The Kier molecular flexibility index (Phi) is 9.62. The number of hydrogen-bond acceptors (Lipinski definition) is 7. The molecule has 2 rings (SSSR count). The molecule has 0 saturated heterocycles. The van der Waals surface area contributed by atoms with Crippen LogP contribution in [0.15, 0.2) is 21.3 Å². The van der Waals surface area contributed by atoms with Crippen LogP contribution in [0.25, 0.3) is 11.0 Å². The largest absolute Gasteiger partial charge is 0.496 e. The molecule has 12 nitrogen and oxygen atoms in total. The van der Waals surface area contributed by atoms with Gasteiger partial charge in [0.2, 0.25) is 11.8 Å². The molecule has 0 fully saturated rings. The number of nitrogens with one attached hydrogen (secondary N) is 3. The number of primary amides is 1. The Morgan fingerprint density at radius 3 is 2.49 bits per heavy atom. The van der Waals surface area contributed by atoms with Crippen LogP contribution in [0, 0.1) is 13.8 Å². The summed E-state index contributed by atoms with van der Waals surface area (Å²) in [4.78, 5) is 59.1. The number of fused-ring (bicyclic) bond motifs is 1. The molecule has 4 amide bonds. The van der Waals surface area contributed by atoms with Gasteiger partial charge in [-0.15, -0.1) is 0 Å². The fourth-order valence-electron chi connectivity index (χ4n) is 3.66. The number of nitrogens with two attached hydrogens (primary N) is 1. The van der Waals surface area contributed by atoms with Gasteiger partial charge < -0.3 is 35.9 Å². The first-order valence-corrected chi connectivity index (χ1v) is 11.0. The van der Waals surface area contributed by atoms with Crippen LogP contribution >= 0.6 is 0 Å². The molecule has 0 aliphatic rings. The van der Waals surface area contributed by atoms with Crippen LogP contribution in [0.5, 0.6) is 5.75 Å². The highest BCUT2D eigenvalue weighted by Crippen LogP contribution is 2.29. The zero-order valence-corrected chi connectivity index (χ0v) is 19.9. The molecule has 1 heterocycles. The van der Waals surface area contributed by atoms with E-state index in [0.717, 1.165) is 5.39 Å². The van der Waals surface area contributed by atoms with E-state index in [1.165, 1.54) is 7.11 Å². The summed E-state index contributed by atoms with van der Waals surface area (Å²) in [6.07, 6.45) is 0.419. The van der Waals surface area contributed by atoms with Crippen LogP contribution < -0.4 is 32.0 Å². The van der Waals surface area contributed by atoms with Gasteiger partial charge in [-0.1, -0.05) is 0 Å². The predicted octanol–water partition coefficient (Wildman–Crippen LogP) is 0.485. The maximum atomic E-state index is 12.6. The zero-order valence-electron chi connectivity index (χ0n) is 19.9. The summed E-state index contributed by atoms with van der Waals surface area (Å²) in [5, 5.41) is 16.7. The van der Waals surface area contributed by atoms with Crippen molar-refractivity contribution in [2.75, 3.05) is 20.2 Å². The third-order valence-electron chi connectivity index (χ3n) is 5.51. The van der Waals surface area contributed by atoms with Gasteiger partial charge in [0.1, 0.15) is 23.9 Å². The third-order valence-corrected chi connectivity index (χ3v) is 5.51. The molecule has 190 valence electrons. The number of methoxy groups -OCH3 is 1. The van der Waals surface area contributed by atoms with Gasteiger partial charge in [-0.2, -0.15) is 0 Å². The number of rotatable bonds is 12. The number of carboxylic acid groups (broad SMARTS) is 1. The van der Waals surface area contributed by atoms with Gasteiger partial charge >= 0.3 is 17.6 Å². The van der Waals surface area contributed by atoms with Crippen molar-refractivity contribution >= 4 is 34.8 Å². The average molecular weight is 491 g/mol. The van der Waals surface area contributed by atoms with Crippen molar-refractivity contribution in [3.63, 3.8) is 0 Å². The smallest absolute Gasteiger partial charge is 0.339 e. The summed E-state index contributed by atoms with van der Waals surface area (Å²) in [7, 11) is 1.52. The van der Waals surface area contributed by atoms with E-state index in [-0.39, 0.29) is 25.8 Å². The molecule has 0 bridgehead atoms. The number of aryl methyl sites for hydroxylation is 2. The van der Waals surface area contributed by atoms with Crippen molar-refractivity contribution in [1.29, 1.82) is 0 Å². The van der Waals surface area contributed by atoms with Crippen LogP contribution in [0.1, 0.15) is 36.0 Å². The Bertz CT molecular complexity index is 1170. The second kappa shape index (κ2) is 12.4. The Hall–Kier alpha value is -4.09. The maximum Gasteiger partial charge on any atom is 0.339 e. The summed E-state index contributed by atoms with van der Waals surface area (Å²) < 4.78 is 10.8. The van der Waals surface area contributed by atoms with E-state index in [0.29, 0.717) is 34.4 Å². The summed E-state index contributed by atoms with van der Waals surface area (Å²) in [6, 6.07) is 1.81. The van der Waals surface area contributed by atoms with Gasteiger partial charge in [0.25, 0.3) is 0 Å². The number of carbonyl (C=O) groups is 4. The van der Waals surface area contributed by atoms with Gasteiger partial charge in [0.15, 0.2) is 0 Å². The molecule has 2 aromatic rings. The summed E-state index contributed by atoms with van der Waals surface area (Å²) in [5.74, 6) is -1.82. The Morgan fingerprint density at radius 2 is 1.86 bits per heavy atom. The van der Waals surface area contributed by atoms with E-state index < -0.39 is 42.0 Å². The number of aliphatic carboxylic acids is 1. The van der Waals surface area contributed by atoms with Gasteiger partial charge in [-0.25, -0.2) is 9.59 Å². The van der Waals surface area contributed by atoms with Crippen LogP contribution in [-0.4, -0.2) is 55.2 Å². The SMILES string of the molecule is COc1ccc2c(C)c(CCC(=O)N[C@@H](CCCNC(N)=O)C(=O)NCC(=O)O)c(=O)oc2c1C. The number of urea groups is 1. The lowest BCUT2D eigenvalue weighted by Gasteiger charge is -2.18. The molecule has 0 radical (unpaired) electrons. The molecule has 1 atom stereocenters. The molecule has 0 saturated carbocycles. The number of benzene rings is 1. The molecule has 6 N–H and O–H groups in total. The number of carboxylic acids is 1. The Balaban J connectivity index is 2.11. The first-order chi connectivity index (χ1) is 16.5. The molecule has 0 aliphatic carbocycles. The molecular formula is C23H30N4O8. The minimum atomic E-state index is -1.23. The lowest BCUT2D eigenvalue weighted by molar-refractivity contribution is -0.138. The van der Waals surface area contributed by atoms with Crippen LogP contribution in [-0.2, 0) is 20.8 Å². The predicted molar refractivity (Wildman–Crippen MR) is 126 cm³/mol. The summed E-state index contributed by atoms with van der Waals surface area (Å²) in [6.45, 7) is 3.12. The maximum absolute atomic E-state index is 12.6. The highest BCUT2D eigenvalue weighted by atomic mass is 16.5. The van der Waals surface area contributed by atoms with Gasteiger partial charge in [-0.3, -0.25) is 14.4 Å². The second-order valence-corrected chi connectivity index (χ2v) is 7.93. The highest BCUT2D eigenvalue weighted by Gasteiger charge is 2.22. The van der Waals surface area contributed by atoms with Crippen molar-refractivity contribution in [2.24, 2.45) is 5.73 Å². The normalized spacial score (nSPS) is 11.5. The van der Waals surface area contributed by atoms with Crippen molar-refractivity contribution in [1.82, 2.24) is 16.0 Å². The summed E-state index contributed by atoms with van der Waals surface area (Å²) in [5.41, 5.74) is 6.57. The first-order valence-electron chi connectivity index (χ1n) is 11.0. The number of hydrogen-bond donors (Lipinski definition) is 5. The highest BCUT2D eigenvalue weighted by molar-refractivity contribution is 5.89. The van der Waals surface area contributed by atoms with Gasteiger partial charge in [0, 0.05) is 29.5 Å². The lowest BCUT2D eigenvalue weighted by Crippen LogP contribution is -2.48. The minimum Gasteiger partial charge on any atom is -0.496 e. The van der Waals surface area contributed by atoms with Crippen LogP contribution in [0.3, 0.4) is 0 Å². The number of amides is 4. The van der Waals surface area contributed by atoms with E-state index in [1.807, 2.05) is 0 Å².